The molecule has 0 aliphatic heterocycles. The molecular formula is C14H16N6. The van der Waals surface area contributed by atoms with Crippen molar-refractivity contribution in [2.45, 2.75) is 13.5 Å². The summed E-state index contributed by atoms with van der Waals surface area (Å²) >= 11 is 0. The fourth-order valence-electron chi connectivity index (χ4n) is 2.01. The molecule has 3 aromatic rings. The first-order valence-corrected chi connectivity index (χ1v) is 6.42. The Hall–Kier alpha value is -2.63. The van der Waals surface area contributed by atoms with Gasteiger partial charge >= 0.3 is 0 Å². The van der Waals surface area contributed by atoms with Crippen LogP contribution in [0.5, 0.6) is 0 Å². The fourth-order valence-corrected chi connectivity index (χ4v) is 2.01. The molecule has 6 heteroatoms. The van der Waals surface area contributed by atoms with Crippen LogP contribution in [0.2, 0.25) is 0 Å². The molecule has 6 nitrogen and oxygen atoms in total. The van der Waals surface area contributed by atoms with Crippen molar-refractivity contribution < 1.29 is 0 Å². The smallest absolute Gasteiger partial charge is 0.181 e. The van der Waals surface area contributed by atoms with Crippen molar-refractivity contribution in [3.8, 4) is 11.4 Å². The van der Waals surface area contributed by atoms with Crippen molar-refractivity contribution in [3.05, 3.63) is 48.0 Å². The lowest BCUT2D eigenvalue weighted by Crippen LogP contribution is -2.05. The largest absolute Gasteiger partial charge is 0.379 e. The Morgan fingerprint density at radius 3 is 2.90 bits per heavy atom. The minimum atomic E-state index is 0.715. The van der Waals surface area contributed by atoms with E-state index < -0.39 is 0 Å². The maximum atomic E-state index is 4.34. The fraction of sp³-hybridized carbons (Fsp3) is 0.214. The first-order chi connectivity index (χ1) is 9.72. The average molecular weight is 268 g/mol. The second-order valence-electron chi connectivity index (χ2n) is 4.62. The third-order valence-corrected chi connectivity index (χ3v) is 3.11. The van der Waals surface area contributed by atoms with Crippen molar-refractivity contribution in [1.29, 1.82) is 0 Å². The highest BCUT2D eigenvalue weighted by Gasteiger charge is 2.05. The summed E-state index contributed by atoms with van der Waals surface area (Å²) in [4.78, 5) is 4.34. The molecule has 2 heterocycles. The number of hydrogen-bond donors (Lipinski definition) is 2. The van der Waals surface area contributed by atoms with E-state index in [0.717, 1.165) is 29.3 Å². The summed E-state index contributed by atoms with van der Waals surface area (Å²) in [5, 5.41) is 14.6. The van der Waals surface area contributed by atoms with Crippen LogP contribution in [-0.4, -0.2) is 25.0 Å². The van der Waals surface area contributed by atoms with Gasteiger partial charge in [-0.05, 0) is 25.1 Å². The molecule has 2 aromatic heterocycles. The van der Waals surface area contributed by atoms with Crippen molar-refractivity contribution >= 4 is 5.69 Å². The van der Waals surface area contributed by atoms with Gasteiger partial charge in [-0.25, -0.2) is 4.98 Å². The molecule has 0 spiro atoms. The van der Waals surface area contributed by atoms with Gasteiger partial charge in [-0.1, -0.05) is 12.1 Å². The summed E-state index contributed by atoms with van der Waals surface area (Å²) in [5.41, 5.74) is 3.15. The van der Waals surface area contributed by atoms with Gasteiger partial charge in [0, 0.05) is 24.5 Å². The number of aryl methyl sites for hydroxylation is 2. The zero-order chi connectivity index (χ0) is 13.9. The van der Waals surface area contributed by atoms with E-state index in [1.165, 1.54) is 0 Å². The first-order valence-electron chi connectivity index (χ1n) is 6.42. The van der Waals surface area contributed by atoms with E-state index in [0.29, 0.717) is 5.82 Å². The molecule has 1 aromatic carbocycles. The standard InChI is InChI=1S/C14H16N6/c1-10-17-14(19-18-10)11-4-3-5-12(8-11)15-9-13-6-7-16-20(13)2/h3-8,15H,9H2,1-2H3,(H,17,18,19). The summed E-state index contributed by atoms with van der Waals surface area (Å²) in [7, 11) is 1.93. The van der Waals surface area contributed by atoms with Gasteiger partial charge in [0.05, 0.1) is 12.2 Å². The van der Waals surface area contributed by atoms with Gasteiger partial charge in [-0.15, -0.1) is 0 Å². The van der Waals surface area contributed by atoms with Crippen molar-refractivity contribution in [1.82, 2.24) is 25.0 Å². The topological polar surface area (TPSA) is 71.4 Å². The van der Waals surface area contributed by atoms with E-state index in [2.05, 4.69) is 25.6 Å². The highest BCUT2D eigenvalue weighted by Crippen LogP contribution is 2.19. The predicted molar refractivity (Wildman–Crippen MR) is 77.1 cm³/mol. The molecule has 0 fully saturated rings. The van der Waals surface area contributed by atoms with Crippen LogP contribution in [0.15, 0.2) is 36.5 Å². The molecule has 0 amide bonds. The van der Waals surface area contributed by atoms with Crippen LogP contribution in [0.1, 0.15) is 11.5 Å². The summed E-state index contributed by atoms with van der Waals surface area (Å²) in [5.74, 6) is 1.53. The van der Waals surface area contributed by atoms with E-state index in [1.54, 1.807) is 6.20 Å². The molecule has 20 heavy (non-hydrogen) atoms. The maximum Gasteiger partial charge on any atom is 0.181 e. The predicted octanol–water partition coefficient (Wildman–Crippen LogP) is 2.13. The average Bonchev–Trinajstić information content (AvgIpc) is 3.06. The molecule has 2 N–H and O–H groups in total. The number of hydrogen-bond acceptors (Lipinski definition) is 4. The Balaban J connectivity index is 1.76. The number of aromatic amines is 1. The lowest BCUT2D eigenvalue weighted by atomic mass is 10.2. The number of rotatable bonds is 4. The SMILES string of the molecule is Cc1nc(-c2cccc(NCc3ccnn3C)c2)n[nH]1. The third-order valence-electron chi connectivity index (χ3n) is 3.11. The van der Waals surface area contributed by atoms with Crippen LogP contribution in [0.4, 0.5) is 5.69 Å². The number of nitrogens with zero attached hydrogens (tertiary/aromatic N) is 4. The Kier molecular flexibility index (Phi) is 3.20. The van der Waals surface area contributed by atoms with Crippen molar-refractivity contribution in [2.24, 2.45) is 7.05 Å². The van der Waals surface area contributed by atoms with Gasteiger partial charge in [0.25, 0.3) is 0 Å². The van der Waals surface area contributed by atoms with Gasteiger partial charge in [0.15, 0.2) is 5.82 Å². The summed E-state index contributed by atoms with van der Waals surface area (Å²) in [6.07, 6.45) is 1.80. The number of nitrogens with one attached hydrogen (secondary N) is 2. The van der Waals surface area contributed by atoms with Crippen LogP contribution >= 0.6 is 0 Å². The van der Waals surface area contributed by atoms with E-state index in [1.807, 2.05) is 49.0 Å². The minimum Gasteiger partial charge on any atom is -0.379 e. The highest BCUT2D eigenvalue weighted by molar-refractivity contribution is 5.62. The first kappa shape index (κ1) is 12.4. The quantitative estimate of drug-likeness (QED) is 0.760. The molecule has 0 radical (unpaired) electrons. The van der Waals surface area contributed by atoms with E-state index >= 15 is 0 Å². The third kappa shape index (κ3) is 2.54. The summed E-state index contributed by atoms with van der Waals surface area (Å²) in [6.45, 7) is 2.62. The van der Waals surface area contributed by atoms with E-state index in [4.69, 9.17) is 0 Å². The van der Waals surface area contributed by atoms with E-state index in [-0.39, 0.29) is 0 Å². The molecular weight excluding hydrogens is 252 g/mol. The molecule has 0 saturated heterocycles. The zero-order valence-corrected chi connectivity index (χ0v) is 11.5. The lowest BCUT2D eigenvalue weighted by Gasteiger charge is -2.07. The summed E-state index contributed by atoms with van der Waals surface area (Å²) in [6, 6.07) is 10.1. The van der Waals surface area contributed by atoms with Crippen LogP contribution in [0.25, 0.3) is 11.4 Å². The normalized spacial score (nSPS) is 10.7. The Morgan fingerprint density at radius 1 is 1.30 bits per heavy atom. The van der Waals surface area contributed by atoms with E-state index in [9.17, 15) is 0 Å². The molecule has 102 valence electrons. The second kappa shape index (κ2) is 5.16. The van der Waals surface area contributed by atoms with Gasteiger partial charge in [0.1, 0.15) is 5.82 Å². The Morgan fingerprint density at radius 2 is 2.20 bits per heavy atom. The second-order valence-corrected chi connectivity index (χ2v) is 4.62. The Labute approximate surface area is 116 Å². The monoisotopic (exact) mass is 268 g/mol. The van der Waals surface area contributed by atoms with Crippen molar-refractivity contribution in [2.75, 3.05) is 5.32 Å². The highest BCUT2D eigenvalue weighted by atomic mass is 15.3. The summed E-state index contributed by atoms with van der Waals surface area (Å²) < 4.78 is 1.86. The number of anilines is 1. The van der Waals surface area contributed by atoms with Gasteiger partial charge in [-0.3, -0.25) is 9.78 Å². The van der Waals surface area contributed by atoms with Gasteiger partial charge in [-0.2, -0.15) is 10.2 Å². The number of H-pyrrole nitrogens is 1. The lowest BCUT2D eigenvalue weighted by molar-refractivity contribution is 0.720. The molecule has 0 bridgehead atoms. The number of aromatic nitrogens is 5. The molecule has 0 aliphatic rings. The van der Waals surface area contributed by atoms with Gasteiger partial charge < -0.3 is 5.32 Å². The van der Waals surface area contributed by atoms with Crippen LogP contribution < -0.4 is 5.32 Å². The van der Waals surface area contributed by atoms with Crippen LogP contribution in [0, 0.1) is 6.92 Å². The number of benzene rings is 1. The maximum absolute atomic E-state index is 4.34. The minimum absolute atomic E-state index is 0.715. The van der Waals surface area contributed by atoms with Crippen molar-refractivity contribution in [3.63, 3.8) is 0 Å². The molecule has 0 aliphatic carbocycles. The molecule has 3 rings (SSSR count). The van der Waals surface area contributed by atoms with Crippen LogP contribution in [-0.2, 0) is 13.6 Å². The Bertz CT molecular complexity index is 712. The zero-order valence-electron chi connectivity index (χ0n) is 11.5. The molecule has 0 saturated carbocycles. The van der Waals surface area contributed by atoms with Gasteiger partial charge in [0.2, 0.25) is 0 Å². The van der Waals surface area contributed by atoms with Crippen LogP contribution in [0.3, 0.4) is 0 Å². The molecule has 0 atom stereocenters. The molecule has 0 unspecified atom stereocenters.